The number of carbonyl (C=O) groups excluding carboxylic acids is 1. The maximum absolute atomic E-state index is 9.84. The average molecular weight is 208 g/mol. The van der Waals surface area contributed by atoms with Gasteiger partial charge in [0.15, 0.2) is 0 Å². The van der Waals surface area contributed by atoms with Crippen LogP contribution in [0, 0.1) is 0 Å². The summed E-state index contributed by atoms with van der Waals surface area (Å²) >= 11 is 0. The maximum Gasteiger partial charge on any atom is 0.329 e. The minimum atomic E-state index is -0.560. The summed E-state index contributed by atoms with van der Waals surface area (Å²) in [5.41, 5.74) is 0. The van der Waals surface area contributed by atoms with Crippen molar-refractivity contribution in [1.29, 1.82) is 0 Å². The molecule has 86 valence electrons. The van der Waals surface area contributed by atoms with Crippen LogP contribution in [-0.2, 0) is 14.3 Å². The van der Waals surface area contributed by atoms with Gasteiger partial charge in [0, 0.05) is 20.3 Å². The zero-order valence-electron chi connectivity index (χ0n) is 9.19. The molecule has 14 heavy (non-hydrogen) atoms. The Labute approximate surface area is 85.0 Å². The predicted molar refractivity (Wildman–Crippen MR) is 53.9 cm³/mol. The number of esters is 1. The molecule has 0 bridgehead atoms. The van der Waals surface area contributed by atoms with E-state index in [4.69, 9.17) is 10.2 Å². The van der Waals surface area contributed by atoms with E-state index in [-0.39, 0.29) is 6.61 Å². The van der Waals surface area contributed by atoms with Crippen LogP contribution in [0.3, 0.4) is 0 Å². The highest BCUT2D eigenvalue weighted by atomic mass is 16.5. The summed E-state index contributed by atoms with van der Waals surface area (Å²) < 4.78 is 8.39. The molecule has 0 aliphatic carbocycles. The lowest BCUT2D eigenvalue weighted by Gasteiger charge is -1.90. The first kappa shape index (κ1) is 18.8. The summed E-state index contributed by atoms with van der Waals surface area (Å²) in [5.74, 6) is -0.394. The Kier molecular flexibility index (Phi) is 24.2. The van der Waals surface area contributed by atoms with Crippen molar-refractivity contribution in [3.05, 3.63) is 12.7 Å². The SMILES string of the molecule is C=CC(=O)OC.CC(O)CO.COC. The van der Waals surface area contributed by atoms with Gasteiger partial charge in [-0.15, -0.1) is 0 Å². The molecule has 0 aromatic carbocycles. The van der Waals surface area contributed by atoms with Gasteiger partial charge in [0.2, 0.25) is 0 Å². The van der Waals surface area contributed by atoms with Crippen molar-refractivity contribution in [3.63, 3.8) is 0 Å². The molecule has 0 aromatic rings. The lowest BCUT2D eigenvalue weighted by molar-refractivity contribution is -0.134. The van der Waals surface area contributed by atoms with Crippen LogP contribution in [0.1, 0.15) is 6.92 Å². The number of hydrogen-bond acceptors (Lipinski definition) is 5. The summed E-state index contributed by atoms with van der Waals surface area (Å²) in [4.78, 5) is 9.84. The Balaban J connectivity index is -0.000000138. The van der Waals surface area contributed by atoms with E-state index < -0.39 is 12.1 Å². The quantitative estimate of drug-likeness (QED) is 0.492. The predicted octanol–water partition coefficient (Wildman–Crippen LogP) is -0.0325. The Morgan fingerprint density at radius 3 is 1.79 bits per heavy atom. The van der Waals surface area contributed by atoms with Crippen molar-refractivity contribution in [2.24, 2.45) is 0 Å². The maximum atomic E-state index is 9.84. The van der Waals surface area contributed by atoms with E-state index in [9.17, 15) is 4.79 Å². The number of rotatable bonds is 2. The first-order valence-corrected chi connectivity index (χ1v) is 3.89. The highest BCUT2D eigenvalue weighted by molar-refractivity contribution is 5.80. The van der Waals surface area contributed by atoms with Gasteiger partial charge in [0.1, 0.15) is 0 Å². The number of aliphatic hydroxyl groups is 2. The molecule has 0 spiro atoms. The van der Waals surface area contributed by atoms with Crippen LogP contribution < -0.4 is 0 Å². The van der Waals surface area contributed by atoms with Crippen LogP contribution in [0.15, 0.2) is 12.7 Å². The second-order valence-corrected chi connectivity index (χ2v) is 2.17. The third-order valence-electron chi connectivity index (χ3n) is 0.632. The molecule has 0 amide bonds. The van der Waals surface area contributed by atoms with Gasteiger partial charge < -0.3 is 19.7 Å². The lowest BCUT2D eigenvalue weighted by atomic mass is 10.5. The standard InChI is InChI=1S/C4H6O2.C3H8O2.C2H6O/c1-3-4(5)6-2;1-3(5)2-4;1-3-2/h3H,1H2,2H3;3-5H,2H2,1H3;1-2H3. The third-order valence-corrected chi connectivity index (χ3v) is 0.632. The minimum Gasteiger partial charge on any atom is -0.466 e. The smallest absolute Gasteiger partial charge is 0.329 e. The van der Waals surface area contributed by atoms with Gasteiger partial charge in [-0.1, -0.05) is 6.58 Å². The second kappa shape index (κ2) is 18.0. The van der Waals surface area contributed by atoms with Crippen molar-refractivity contribution in [2.45, 2.75) is 13.0 Å². The molecule has 0 aliphatic heterocycles. The zero-order chi connectivity index (χ0) is 12.0. The first-order valence-electron chi connectivity index (χ1n) is 3.89. The summed E-state index contributed by atoms with van der Waals surface area (Å²) in [6.45, 7) is 4.55. The minimum absolute atomic E-state index is 0.139. The average Bonchev–Trinajstić information content (AvgIpc) is 2.18. The molecule has 0 aliphatic rings. The number of hydrogen-bond donors (Lipinski definition) is 2. The van der Waals surface area contributed by atoms with Gasteiger partial charge in [-0.2, -0.15) is 0 Å². The molecule has 0 saturated carbocycles. The fourth-order valence-corrected chi connectivity index (χ4v) is 0.0833. The highest BCUT2D eigenvalue weighted by Gasteiger charge is 1.83. The fraction of sp³-hybridized carbons (Fsp3) is 0.667. The van der Waals surface area contributed by atoms with Crippen LogP contribution in [0.4, 0.5) is 0 Å². The monoisotopic (exact) mass is 208 g/mol. The zero-order valence-corrected chi connectivity index (χ0v) is 9.19. The largest absolute Gasteiger partial charge is 0.466 e. The van der Waals surface area contributed by atoms with Crippen molar-refractivity contribution in [2.75, 3.05) is 27.9 Å². The summed E-state index contributed by atoms with van der Waals surface area (Å²) in [6.07, 6.45) is 0.551. The molecule has 1 unspecified atom stereocenters. The van der Waals surface area contributed by atoms with Gasteiger partial charge >= 0.3 is 5.97 Å². The Morgan fingerprint density at radius 1 is 1.50 bits per heavy atom. The molecular formula is C9H20O5. The van der Waals surface area contributed by atoms with Crippen molar-refractivity contribution in [3.8, 4) is 0 Å². The molecule has 5 nitrogen and oxygen atoms in total. The molecule has 1 atom stereocenters. The first-order chi connectivity index (χ1) is 6.49. The summed E-state index contributed by atoms with van der Waals surface area (Å²) in [7, 11) is 4.56. The summed E-state index contributed by atoms with van der Waals surface area (Å²) in [5, 5.41) is 16.0. The number of methoxy groups -OCH3 is 2. The number of ether oxygens (including phenoxy) is 2. The molecule has 0 radical (unpaired) electrons. The van der Waals surface area contributed by atoms with Crippen LogP contribution in [-0.4, -0.2) is 50.2 Å². The van der Waals surface area contributed by atoms with Crippen molar-refractivity contribution in [1.82, 2.24) is 0 Å². The van der Waals surface area contributed by atoms with E-state index >= 15 is 0 Å². The van der Waals surface area contributed by atoms with Crippen LogP contribution in [0.2, 0.25) is 0 Å². The van der Waals surface area contributed by atoms with Crippen molar-refractivity contribution >= 4 is 5.97 Å². The van der Waals surface area contributed by atoms with E-state index in [1.807, 2.05) is 0 Å². The molecule has 0 aromatic heterocycles. The van der Waals surface area contributed by atoms with E-state index in [0.717, 1.165) is 6.08 Å². The molecular weight excluding hydrogens is 188 g/mol. The Morgan fingerprint density at radius 2 is 1.79 bits per heavy atom. The molecule has 5 heteroatoms. The van der Waals surface area contributed by atoms with E-state index in [1.54, 1.807) is 14.2 Å². The summed E-state index contributed by atoms with van der Waals surface area (Å²) in [6, 6.07) is 0. The molecule has 2 N–H and O–H groups in total. The number of carbonyl (C=O) groups is 1. The van der Waals surface area contributed by atoms with Crippen LogP contribution >= 0.6 is 0 Å². The van der Waals surface area contributed by atoms with Gasteiger partial charge in [-0.05, 0) is 6.92 Å². The Hall–Kier alpha value is -0.910. The third kappa shape index (κ3) is 43.6. The van der Waals surface area contributed by atoms with E-state index in [1.165, 1.54) is 14.0 Å². The van der Waals surface area contributed by atoms with Gasteiger partial charge in [0.05, 0.1) is 19.8 Å². The van der Waals surface area contributed by atoms with Gasteiger partial charge in [-0.3, -0.25) is 0 Å². The molecule has 0 rings (SSSR count). The second-order valence-electron chi connectivity index (χ2n) is 2.17. The molecule has 0 fully saturated rings. The molecule has 0 heterocycles. The highest BCUT2D eigenvalue weighted by Crippen LogP contribution is 1.68. The normalized spacial score (nSPS) is 9.57. The van der Waals surface area contributed by atoms with Gasteiger partial charge in [0.25, 0.3) is 0 Å². The van der Waals surface area contributed by atoms with E-state index in [0.29, 0.717) is 0 Å². The van der Waals surface area contributed by atoms with Gasteiger partial charge in [-0.25, -0.2) is 4.79 Å². The van der Waals surface area contributed by atoms with E-state index in [2.05, 4.69) is 16.1 Å². The topological polar surface area (TPSA) is 76.0 Å². The van der Waals surface area contributed by atoms with Crippen LogP contribution in [0.5, 0.6) is 0 Å². The van der Waals surface area contributed by atoms with Crippen LogP contribution in [0.25, 0.3) is 0 Å². The van der Waals surface area contributed by atoms with Crippen molar-refractivity contribution < 1.29 is 24.5 Å². The Bertz CT molecular complexity index is 122. The number of aliphatic hydroxyl groups excluding tert-OH is 2. The fourth-order valence-electron chi connectivity index (χ4n) is 0.0833. The molecule has 0 saturated heterocycles. The lowest BCUT2D eigenvalue weighted by Crippen LogP contribution is -2.03.